The average molecular weight is 343 g/mol. The molecule has 0 saturated carbocycles. The first-order valence-corrected chi connectivity index (χ1v) is 8.50. The number of anilines is 1. The smallest absolute Gasteiger partial charge is 0.322 e. The molecule has 0 spiro atoms. The first-order chi connectivity index (χ1) is 12.1. The highest BCUT2D eigenvalue weighted by Gasteiger charge is 2.17. The van der Waals surface area contributed by atoms with Crippen LogP contribution in [0, 0.1) is 0 Å². The highest BCUT2D eigenvalue weighted by atomic mass is 16.2. The molecule has 1 N–H and O–H groups in total. The fraction of sp³-hybridized carbons (Fsp3) is 0.471. The maximum absolute atomic E-state index is 12.6. The number of hydrogen-bond acceptors (Lipinski definition) is 5. The summed E-state index contributed by atoms with van der Waals surface area (Å²) in [5, 5.41) is 7.25. The third-order valence-electron chi connectivity index (χ3n) is 4.42. The van der Waals surface area contributed by atoms with Crippen LogP contribution in [-0.2, 0) is 0 Å². The number of urea groups is 1. The number of carbonyl (C=O) groups is 1. The van der Waals surface area contributed by atoms with Crippen LogP contribution in [0.2, 0.25) is 0 Å². The topological polar surface area (TPSA) is 69.5 Å². The lowest BCUT2D eigenvalue weighted by atomic mass is 10.4. The van der Waals surface area contributed by atoms with Gasteiger partial charge in [0.1, 0.15) is 0 Å². The molecular weight excluding hydrogens is 318 g/mol. The van der Waals surface area contributed by atoms with Crippen LogP contribution in [0.1, 0.15) is 0 Å². The molecule has 1 aliphatic rings. The van der Waals surface area contributed by atoms with E-state index in [9.17, 15) is 4.79 Å². The van der Waals surface area contributed by atoms with Gasteiger partial charge in [-0.25, -0.2) is 9.48 Å². The zero-order valence-electron chi connectivity index (χ0n) is 14.8. The Morgan fingerprint density at radius 3 is 2.24 bits per heavy atom. The van der Waals surface area contributed by atoms with Crippen molar-refractivity contribution < 1.29 is 4.79 Å². The number of pyridine rings is 1. The number of likely N-dealkylation sites (N-methyl/N-ethyl adjacent to an activating group) is 2. The Labute approximate surface area is 148 Å². The van der Waals surface area contributed by atoms with E-state index in [0.717, 1.165) is 31.9 Å². The molecule has 134 valence electrons. The van der Waals surface area contributed by atoms with Crippen LogP contribution in [-0.4, -0.2) is 88.9 Å². The lowest BCUT2D eigenvalue weighted by Gasteiger charge is -2.24. The first kappa shape index (κ1) is 17.4. The predicted octanol–water partition coefficient (Wildman–Crippen LogP) is 0.978. The highest BCUT2D eigenvalue weighted by molar-refractivity contribution is 5.89. The molecule has 0 unspecified atom stereocenters. The Balaban J connectivity index is 1.63. The van der Waals surface area contributed by atoms with E-state index in [2.05, 4.69) is 39.3 Å². The Kier molecular flexibility index (Phi) is 5.62. The van der Waals surface area contributed by atoms with Crippen molar-refractivity contribution in [1.82, 2.24) is 29.5 Å². The normalized spacial score (nSPS) is 17.6. The van der Waals surface area contributed by atoms with Gasteiger partial charge < -0.3 is 20.0 Å². The molecule has 0 atom stereocenters. The molecule has 2 aromatic rings. The molecule has 0 bridgehead atoms. The second kappa shape index (κ2) is 8.09. The van der Waals surface area contributed by atoms with E-state index < -0.39 is 0 Å². The molecule has 3 heterocycles. The molecule has 3 rings (SSSR count). The van der Waals surface area contributed by atoms with Crippen molar-refractivity contribution in [2.24, 2.45) is 0 Å². The molecule has 25 heavy (non-hydrogen) atoms. The van der Waals surface area contributed by atoms with Crippen LogP contribution in [0.3, 0.4) is 0 Å². The zero-order valence-corrected chi connectivity index (χ0v) is 14.8. The number of amides is 2. The molecule has 0 aromatic carbocycles. The molecule has 1 saturated heterocycles. The zero-order chi connectivity index (χ0) is 17.6. The summed E-state index contributed by atoms with van der Waals surface area (Å²) >= 11 is 0. The summed E-state index contributed by atoms with van der Waals surface area (Å²) in [4.78, 5) is 23.0. The van der Waals surface area contributed by atoms with Crippen LogP contribution >= 0.6 is 0 Å². The second-order valence-electron chi connectivity index (χ2n) is 6.40. The van der Waals surface area contributed by atoms with E-state index in [0.29, 0.717) is 18.8 Å². The SMILES string of the molecule is CN1CCN(C)CCN(C(=O)Nc2cnn(-c3ccncc3)c2)CC1. The van der Waals surface area contributed by atoms with Gasteiger partial charge in [-0.3, -0.25) is 4.98 Å². The van der Waals surface area contributed by atoms with Gasteiger partial charge in [0.25, 0.3) is 0 Å². The van der Waals surface area contributed by atoms with Gasteiger partial charge in [0, 0.05) is 51.7 Å². The Morgan fingerprint density at radius 1 is 1.00 bits per heavy atom. The van der Waals surface area contributed by atoms with Crippen LogP contribution in [0.25, 0.3) is 5.69 Å². The van der Waals surface area contributed by atoms with Gasteiger partial charge in [-0.2, -0.15) is 5.10 Å². The molecule has 0 aliphatic carbocycles. The fourth-order valence-corrected chi connectivity index (χ4v) is 2.69. The van der Waals surface area contributed by atoms with Gasteiger partial charge in [0.2, 0.25) is 0 Å². The second-order valence-corrected chi connectivity index (χ2v) is 6.40. The van der Waals surface area contributed by atoms with Crippen LogP contribution in [0.4, 0.5) is 10.5 Å². The van der Waals surface area contributed by atoms with Gasteiger partial charge >= 0.3 is 6.03 Å². The van der Waals surface area contributed by atoms with Crippen molar-refractivity contribution in [3.05, 3.63) is 36.9 Å². The molecule has 2 aromatic heterocycles. The van der Waals surface area contributed by atoms with Crippen molar-refractivity contribution in [3.8, 4) is 5.69 Å². The number of aromatic nitrogens is 3. The molecule has 8 heteroatoms. The molecule has 1 fully saturated rings. The number of nitrogens with one attached hydrogen (secondary N) is 1. The highest BCUT2D eigenvalue weighted by Crippen LogP contribution is 2.11. The van der Waals surface area contributed by atoms with E-state index in [-0.39, 0.29) is 6.03 Å². The van der Waals surface area contributed by atoms with Gasteiger partial charge in [0.05, 0.1) is 23.8 Å². The van der Waals surface area contributed by atoms with E-state index >= 15 is 0 Å². The van der Waals surface area contributed by atoms with Gasteiger partial charge in [-0.15, -0.1) is 0 Å². The molecule has 2 amide bonds. The number of nitrogens with zero attached hydrogens (tertiary/aromatic N) is 6. The third-order valence-corrected chi connectivity index (χ3v) is 4.42. The van der Waals surface area contributed by atoms with E-state index in [4.69, 9.17) is 0 Å². The van der Waals surface area contributed by atoms with E-state index in [1.165, 1.54) is 0 Å². The van der Waals surface area contributed by atoms with Crippen LogP contribution < -0.4 is 5.32 Å². The fourth-order valence-electron chi connectivity index (χ4n) is 2.69. The minimum atomic E-state index is -0.0852. The summed E-state index contributed by atoms with van der Waals surface area (Å²) in [7, 11) is 4.18. The summed E-state index contributed by atoms with van der Waals surface area (Å²) in [5.74, 6) is 0. The van der Waals surface area contributed by atoms with Crippen molar-refractivity contribution in [2.75, 3.05) is 58.7 Å². The minimum absolute atomic E-state index is 0.0852. The number of carbonyl (C=O) groups excluding carboxylic acids is 1. The van der Waals surface area contributed by atoms with E-state index in [1.807, 2.05) is 23.2 Å². The third kappa shape index (κ3) is 4.77. The Bertz CT molecular complexity index is 673. The quantitative estimate of drug-likeness (QED) is 0.880. The molecular formula is C17H25N7O. The van der Waals surface area contributed by atoms with Gasteiger partial charge in [0.15, 0.2) is 0 Å². The molecule has 8 nitrogen and oxygen atoms in total. The number of hydrogen-bond donors (Lipinski definition) is 1. The maximum atomic E-state index is 12.6. The van der Waals surface area contributed by atoms with Crippen molar-refractivity contribution >= 4 is 11.7 Å². The maximum Gasteiger partial charge on any atom is 0.322 e. The Morgan fingerprint density at radius 2 is 1.60 bits per heavy atom. The van der Waals surface area contributed by atoms with Crippen molar-refractivity contribution in [1.29, 1.82) is 0 Å². The van der Waals surface area contributed by atoms with Gasteiger partial charge in [-0.05, 0) is 26.2 Å². The Hall–Kier alpha value is -2.45. The summed E-state index contributed by atoms with van der Waals surface area (Å²) in [6.07, 6.45) is 6.89. The first-order valence-electron chi connectivity index (χ1n) is 8.50. The van der Waals surface area contributed by atoms with E-state index in [1.54, 1.807) is 23.3 Å². The summed E-state index contributed by atoms with van der Waals surface area (Å²) < 4.78 is 1.72. The minimum Gasteiger partial charge on any atom is -0.322 e. The number of rotatable bonds is 2. The van der Waals surface area contributed by atoms with Gasteiger partial charge in [-0.1, -0.05) is 0 Å². The summed E-state index contributed by atoms with van der Waals surface area (Å²) in [6, 6.07) is 3.65. The average Bonchev–Trinajstić information content (AvgIpc) is 3.10. The van der Waals surface area contributed by atoms with Crippen molar-refractivity contribution in [2.45, 2.75) is 0 Å². The molecule has 1 aliphatic heterocycles. The lowest BCUT2D eigenvalue weighted by molar-refractivity contribution is 0.203. The lowest BCUT2D eigenvalue weighted by Crippen LogP contribution is -2.41. The van der Waals surface area contributed by atoms with Crippen LogP contribution in [0.5, 0.6) is 0 Å². The standard InChI is InChI=1S/C17H25N7O/c1-21-7-8-22(2)10-12-23(11-9-21)17(25)20-15-13-19-24(14-15)16-3-5-18-6-4-16/h3-6,13-14H,7-12H2,1-2H3,(H,20,25). The van der Waals surface area contributed by atoms with Crippen molar-refractivity contribution in [3.63, 3.8) is 0 Å². The van der Waals surface area contributed by atoms with Crippen LogP contribution in [0.15, 0.2) is 36.9 Å². The largest absolute Gasteiger partial charge is 0.322 e. The summed E-state index contributed by atoms with van der Waals surface area (Å²) in [5.41, 5.74) is 1.59. The monoisotopic (exact) mass is 343 g/mol. The molecule has 0 radical (unpaired) electrons. The summed E-state index contributed by atoms with van der Waals surface area (Å²) in [6.45, 7) is 5.22. The predicted molar refractivity (Wildman–Crippen MR) is 96.9 cm³/mol.